The van der Waals surface area contributed by atoms with Crippen molar-refractivity contribution in [3.05, 3.63) is 35.1 Å². The van der Waals surface area contributed by atoms with Gasteiger partial charge < -0.3 is 0 Å². The van der Waals surface area contributed by atoms with Gasteiger partial charge in [-0.15, -0.1) is 0 Å². The third-order valence-electron chi connectivity index (χ3n) is 2.40. The number of alkyl halides is 2. The minimum atomic E-state index is -2.89. The SMILES string of the molecule is C/C(=N\S(=O)C(C)(C)C)c1cccc(C(F)F)c1F. The highest BCUT2D eigenvalue weighted by Crippen LogP contribution is 2.25. The standard InChI is InChI=1S/C13H16F3NOS/c1-8(17-19(18)13(2,3)4)9-6-5-7-10(11(9)14)12(15)16/h5-7,12H,1-4H3/b17-8+. The Morgan fingerprint density at radius 1 is 1.32 bits per heavy atom. The molecule has 0 spiro atoms. The molecule has 0 heterocycles. The maximum absolute atomic E-state index is 13.9. The summed E-state index contributed by atoms with van der Waals surface area (Å²) >= 11 is 0. The molecule has 6 heteroatoms. The lowest BCUT2D eigenvalue weighted by molar-refractivity contribution is 0.146. The normalized spacial score (nSPS) is 14.8. The van der Waals surface area contributed by atoms with Gasteiger partial charge in [0, 0.05) is 5.56 Å². The number of halogens is 3. The molecular formula is C13H16F3NOS. The van der Waals surface area contributed by atoms with Crippen molar-refractivity contribution in [2.24, 2.45) is 4.40 Å². The first-order valence-corrected chi connectivity index (χ1v) is 6.79. The third-order valence-corrected chi connectivity index (χ3v) is 3.88. The lowest BCUT2D eigenvalue weighted by atomic mass is 10.1. The molecule has 0 saturated carbocycles. The smallest absolute Gasteiger partial charge is 0.234 e. The second-order valence-electron chi connectivity index (χ2n) is 5.05. The summed E-state index contributed by atoms with van der Waals surface area (Å²) in [4.78, 5) is 0. The van der Waals surface area contributed by atoms with E-state index in [1.807, 2.05) is 0 Å². The molecular weight excluding hydrogens is 275 g/mol. The molecule has 0 aromatic heterocycles. The molecule has 19 heavy (non-hydrogen) atoms. The zero-order valence-electron chi connectivity index (χ0n) is 11.2. The summed E-state index contributed by atoms with van der Waals surface area (Å²) in [5, 5.41) is 0. The minimum Gasteiger partial charge on any atom is -0.234 e. The molecule has 106 valence electrons. The van der Waals surface area contributed by atoms with Gasteiger partial charge >= 0.3 is 0 Å². The van der Waals surface area contributed by atoms with Crippen molar-refractivity contribution < 1.29 is 17.4 Å². The quantitative estimate of drug-likeness (QED) is 0.773. The fourth-order valence-corrected chi connectivity index (χ4v) is 1.93. The molecule has 0 aliphatic heterocycles. The van der Waals surface area contributed by atoms with Gasteiger partial charge in [0.15, 0.2) is 0 Å². The molecule has 0 saturated heterocycles. The Kier molecular flexibility index (Phi) is 4.90. The maximum Gasteiger partial charge on any atom is 0.266 e. The Morgan fingerprint density at radius 3 is 2.37 bits per heavy atom. The average molecular weight is 291 g/mol. The molecule has 1 aromatic carbocycles. The molecule has 1 aromatic rings. The van der Waals surface area contributed by atoms with Gasteiger partial charge in [-0.25, -0.2) is 17.4 Å². The van der Waals surface area contributed by atoms with Crippen molar-refractivity contribution in [3.63, 3.8) is 0 Å². The summed E-state index contributed by atoms with van der Waals surface area (Å²) in [5.41, 5.74) is -0.572. The fraction of sp³-hybridized carbons (Fsp3) is 0.462. The van der Waals surface area contributed by atoms with Crippen LogP contribution in [0.4, 0.5) is 13.2 Å². The highest BCUT2D eigenvalue weighted by atomic mass is 32.2. The number of hydrogen-bond donors (Lipinski definition) is 0. The van der Waals surface area contributed by atoms with E-state index in [2.05, 4.69) is 4.40 Å². The van der Waals surface area contributed by atoms with Crippen LogP contribution in [0.15, 0.2) is 22.6 Å². The van der Waals surface area contributed by atoms with Crippen molar-refractivity contribution in [1.82, 2.24) is 0 Å². The van der Waals surface area contributed by atoms with Gasteiger partial charge in [-0.3, -0.25) is 0 Å². The van der Waals surface area contributed by atoms with Crippen LogP contribution in [-0.4, -0.2) is 14.7 Å². The van der Waals surface area contributed by atoms with Gasteiger partial charge in [-0.05, 0) is 27.7 Å². The molecule has 0 N–H and O–H groups in total. The Hall–Kier alpha value is -1.17. The molecule has 0 bridgehead atoms. The van der Waals surface area contributed by atoms with Crippen molar-refractivity contribution >= 4 is 16.7 Å². The monoisotopic (exact) mass is 291 g/mol. The zero-order valence-corrected chi connectivity index (χ0v) is 12.0. The van der Waals surface area contributed by atoms with E-state index in [1.54, 1.807) is 20.8 Å². The second-order valence-corrected chi connectivity index (χ2v) is 6.95. The first-order valence-electron chi connectivity index (χ1n) is 5.69. The van der Waals surface area contributed by atoms with Gasteiger partial charge in [-0.1, -0.05) is 18.2 Å². The van der Waals surface area contributed by atoms with Crippen molar-refractivity contribution in [1.29, 1.82) is 0 Å². The van der Waals surface area contributed by atoms with Crippen LogP contribution in [0.25, 0.3) is 0 Å². The topological polar surface area (TPSA) is 29.4 Å². The summed E-state index contributed by atoms with van der Waals surface area (Å²) in [6.45, 7) is 6.64. The molecule has 1 atom stereocenters. The predicted molar refractivity (Wildman–Crippen MR) is 71.5 cm³/mol. The van der Waals surface area contributed by atoms with Crippen LogP contribution in [-0.2, 0) is 11.0 Å². The van der Waals surface area contributed by atoms with Crippen LogP contribution in [0, 0.1) is 5.82 Å². The summed E-state index contributed by atoms with van der Waals surface area (Å²) in [5.74, 6) is -1.01. The summed E-state index contributed by atoms with van der Waals surface area (Å²) in [6, 6.07) is 3.70. The van der Waals surface area contributed by atoms with E-state index >= 15 is 0 Å². The second kappa shape index (κ2) is 5.86. The van der Waals surface area contributed by atoms with Gasteiger partial charge in [-0.2, -0.15) is 4.40 Å². The molecule has 1 unspecified atom stereocenters. The minimum absolute atomic E-state index is 0.0459. The number of hydrogen-bond acceptors (Lipinski definition) is 1. The first kappa shape index (κ1) is 15.9. The molecule has 0 radical (unpaired) electrons. The lowest BCUT2D eigenvalue weighted by Crippen LogP contribution is -2.21. The third kappa shape index (κ3) is 3.89. The van der Waals surface area contributed by atoms with Crippen LogP contribution in [0.2, 0.25) is 0 Å². The van der Waals surface area contributed by atoms with E-state index in [0.29, 0.717) is 0 Å². The summed E-state index contributed by atoms with van der Waals surface area (Å²) < 4.78 is 54.2. The highest BCUT2D eigenvalue weighted by molar-refractivity contribution is 7.85. The highest BCUT2D eigenvalue weighted by Gasteiger charge is 2.21. The average Bonchev–Trinajstić information content (AvgIpc) is 2.27. The molecule has 0 aliphatic carbocycles. The zero-order chi connectivity index (χ0) is 14.8. The maximum atomic E-state index is 13.9. The van der Waals surface area contributed by atoms with E-state index in [1.165, 1.54) is 19.1 Å². The van der Waals surface area contributed by atoms with Crippen LogP contribution < -0.4 is 0 Å². The van der Waals surface area contributed by atoms with Crippen molar-refractivity contribution in [2.45, 2.75) is 38.9 Å². The Morgan fingerprint density at radius 2 is 1.89 bits per heavy atom. The largest absolute Gasteiger partial charge is 0.266 e. The molecule has 2 nitrogen and oxygen atoms in total. The van der Waals surface area contributed by atoms with Crippen molar-refractivity contribution in [2.75, 3.05) is 0 Å². The van der Waals surface area contributed by atoms with Gasteiger partial charge in [0.1, 0.15) is 16.8 Å². The molecule has 0 fully saturated rings. The van der Waals surface area contributed by atoms with E-state index < -0.39 is 33.5 Å². The predicted octanol–water partition coefficient (Wildman–Crippen LogP) is 4.03. The lowest BCUT2D eigenvalue weighted by Gasteiger charge is -2.14. The Bertz CT molecular complexity index is 521. The van der Waals surface area contributed by atoms with Crippen LogP contribution in [0.3, 0.4) is 0 Å². The molecule has 1 rings (SSSR count). The van der Waals surface area contributed by atoms with Crippen molar-refractivity contribution in [3.8, 4) is 0 Å². The van der Waals surface area contributed by atoms with Crippen LogP contribution in [0.1, 0.15) is 45.2 Å². The van der Waals surface area contributed by atoms with Crippen LogP contribution >= 0.6 is 0 Å². The van der Waals surface area contributed by atoms with Crippen LogP contribution in [0.5, 0.6) is 0 Å². The van der Waals surface area contributed by atoms with Gasteiger partial charge in [0.05, 0.1) is 16.0 Å². The summed E-state index contributed by atoms with van der Waals surface area (Å²) in [7, 11) is -1.56. The number of nitrogens with zero attached hydrogens (tertiary/aromatic N) is 1. The van der Waals surface area contributed by atoms with Gasteiger partial charge in [0.25, 0.3) is 6.43 Å². The summed E-state index contributed by atoms with van der Waals surface area (Å²) in [6.07, 6.45) is -2.89. The van der Waals surface area contributed by atoms with E-state index in [4.69, 9.17) is 0 Å². The van der Waals surface area contributed by atoms with E-state index in [9.17, 15) is 17.4 Å². The van der Waals surface area contributed by atoms with Gasteiger partial charge in [0.2, 0.25) is 0 Å². The number of benzene rings is 1. The first-order chi connectivity index (χ1) is 8.64. The van der Waals surface area contributed by atoms with E-state index in [-0.39, 0.29) is 11.3 Å². The Labute approximate surface area is 113 Å². The number of rotatable bonds is 3. The fourth-order valence-electron chi connectivity index (χ4n) is 1.31. The Balaban J connectivity index is 3.21. The molecule has 0 amide bonds. The molecule has 0 aliphatic rings. The van der Waals surface area contributed by atoms with E-state index in [0.717, 1.165) is 6.07 Å².